The SMILES string of the molecule is CCN(CC)CC(C)NC(=O)c1ccccc1Br. The van der Waals surface area contributed by atoms with Crippen molar-refractivity contribution >= 4 is 21.8 Å². The van der Waals surface area contributed by atoms with Gasteiger partial charge in [0.2, 0.25) is 0 Å². The molecule has 0 aliphatic carbocycles. The predicted octanol–water partition coefficient (Wildman–Crippen LogP) is 2.91. The van der Waals surface area contributed by atoms with E-state index in [-0.39, 0.29) is 11.9 Å². The van der Waals surface area contributed by atoms with E-state index >= 15 is 0 Å². The number of carbonyl (C=O) groups is 1. The van der Waals surface area contributed by atoms with Crippen molar-refractivity contribution in [3.05, 3.63) is 34.3 Å². The van der Waals surface area contributed by atoms with Gasteiger partial charge in [0.25, 0.3) is 5.91 Å². The molecule has 4 heteroatoms. The first-order valence-corrected chi connectivity index (χ1v) is 7.15. The molecule has 1 atom stereocenters. The summed E-state index contributed by atoms with van der Waals surface area (Å²) in [6, 6.07) is 7.62. The number of carbonyl (C=O) groups excluding carboxylic acids is 1. The molecule has 1 aromatic carbocycles. The number of benzene rings is 1. The molecule has 1 N–H and O–H groups in total. The first-order valence-electron chi connectivity index (χ1n) is 6.36. The van der Waals surface area contributed by atoms with Crippen LogP contribution in [0, 0.1) is 0 Å². The van der Waals surface area contributed by atoms with Crippen LogP contribution in [0.15, 0.2) is 28.7 Å². The summed E-state index contributed by atoms with van der Waals surface area (Å²) in [5.41, 5.74) is 0.684. The van der Waals surface area contributed by atoms with Crippen molar-refractivity contribution in [3.63, 3.8) is 0 Å². The van der Waals surface area contributed by atoms with Crippen molar-refractivity contribution in [1.82, 2.24) is 10.2 Å². The quantitative estimate of drug-likeness (QED) is 0.876. The second-order valence-corrected chi connectivity index (χ2v) is 5.19. The molecule has 18 heavy (non-hydrogen) atoms. The van der Waals surface area contributed by atoms with Gasteiger partial charge in [-0.2, -0.15) is 0 Å². The van der Waals surface area contributed by atoms with Crippen LogP contribution < -0.4 is 5.32 Å². The lowest BCUT2D eigenvalue weighted by atomic mass is 10.2. The van der Waals surface area contributed by atoms with E-state index in [0.29, 0.717) is 5.56 Å². The third-order valence-corrected chi connectivity index (χ3v) is 3.61. The second kappa shape index (κ2) is 7.54. The highest BCUT2D eigenvalue weighted by atomic mass is 79.9. The lowest BCUT2D eigenvalue weighted by Gasteiger charge is -2.23. The molecule has 0 saturated carbocycles. The maximum absolute atomic E-state index is 12.1. The normalized spacial score (nSPS) is 12.5. The third kappa shape index (κ3) is 4.42. The topological polar surface area (TPSA) is 32.3 Å². The molecule has 1 rings (SSSR count). The average Bonchev–Trinajstić information content (AvgIpc) is 2.36. The summed E-state index contributed by atoms with van der Waals surface area (Å²) in [7, 11) is 0. The Bertz CT molecular complexity index is 391. The van der Waals surface area contributed by atoms with Crippen LogP contribution in [0.1, 0.15) is 31.1 Å². The van der Waals surface area contributed by atoms with Crippen molar-refractivity contribution in [2.75, 3.05) is 19.6 Å². The average molecular weight is 313 g/mol. The molecule has 0 fully saturated rings. The van der Waals surface area contributed by atoms with Gasteiger partial charge in [-0.3, -0.25) is 4.79 Å². The number of rotatable bonds is 6. The molecule has 0 bridgehead atoms. The number of hydrogen-bond donors (Lipinski definition) is 1. The van der Waals surface area contributed by atoms with Crippen molar-refractivity contribution in [3.8, 4) is 0 Å². The van der Waals surface area contributed by atoms with Gasteiger partial charge in [0.1, 0.15) is 0 Å². The third-order valence-electron chi connectivity index (χ3n) is 2.92. The van der Waals surface area contributed by atoms with Gasteiger partial charge in [-0.1, -0.05) is 26.0 Å². The zero-order chi connectivity index (χ0) is 13.5. The molecular weight excluding hydrogens is 292 g/mol. The van der Waals surface area contributed by atoms with Crippen molar-refractivity contribution < 1.29 is 4.79 Å². The number of hydrogen-bond acceptors (Lipinski definition) is 2. The molecule has 1 aromatic rings. The molecule has 100 valence electrons. The van der Waals surface area contributed by atoms with Crippen LogP contribution in [0.4, 0.5) is 0 Å². The Labute approximate surface area is 118 Å². The van der Waals surface area contributed by atoms with Gasteiger partial charge in [0, 0.05) is 17.1 Å². The van der Waals surface area contributed by atoms with E-state index in [2.05, 4.69) is 40.0 Å². The number of halogens is 1. The fraction of sp³-hybridized carbons (Fsp3) is 0.500. The van der Waals surface area contributed by atoms with Crippen molar-refractivity contribution in [2.24, 2.45) is 0 Å². The van der Waals surface area contributed by atoms with Crippen molar-refractivity contribution in [2.45, 2.75) is 26.8 Å². The zero-order valence-corrected chi connectivity index (χ0v) is 12.8. The number of likely N-dealkylation sites (N-methyl/N-ethyl adjacent to an activating group) is 1. The van der Waals surface area contributed by atoms with Gasteiger partial charge in [-0.25, -0.2) is 0 Å². The highest BCUT2D eigenvalue weighted by Gasteiger charge is 2.13. The Kier molecular flexibility index (Phi) is 6.36. The molecule has 0 aliphatic heterocycles. The number of amides is 1. The van der Waals surface area contributed by atoms with E-state index < -0.39 is 0 Å². The van der Waals surface area contributed by atoms with E-state index in [9.17, 15) is 4.79 Å². The maximum atomic E-state index is 12.1. The van der Waals surface area contributed by atoms with E-state index in [0.717, 1.165) is 24.1 Å². The Morgan fingerprint density at radius 2 is 1.94 bits per heavy atom. The Morgan fingerprint density at radius 3 is 2.50 bits per heavy atom. The minimum absolute atomic E-state index is 0.0258. The Hall–Kier alpha value is -0.870. The van der Waals surface area contributed by atoms with Crippen LogP contribution >= 0.6 is 15.9 Å². The molecule has 0 radical (unpaired) electrons. The van der Waals surface area contributed by atoms with Crippen LogP contribution in [0.25, 0.3) is 0 Å². The largest absolute Gasteiger partial charge is 0.348 e. The van der Waals surface area contributed by atoms with Gasteiger partial charge in [-0.15, -0.1) is 0 Å². The van der Waals surface area contributed by atoms with Gasteiger partial charge >= 0.3 is 0 Å². The lowest BCUT2D eigenvalue weighted by molar-refractivity contribution is 0.0929. The monoisotopic (exact) mass is 312 g/mol. The molecule has 1 unspecified atom stereocenters. The first-order chi connectivity index (χ1) is 8.58. The maximum Gasteiger partial charge on any atom is 0.252 e. The summed E-state index contributed by atoms with van der Waals surface area (Å²) >= 11 is 3.39. The standard InChI is InChI=1S/C14H21BrN2O/c1-4-17(5-2)10-11(3)16-14(18)12-8-6-7-9-13(12)15/h6-9,11H,4-5,10H2,1-3H3,(H,16,18). The Balaban J connectivity index is 2.57. The van der Waals surface area contributed by atoms with Crippen LogP contribution in [0.5, 0.6) is 0 Å². The minimum Gasteiger partial charge on any atom is -0.348 e. The van der Waals surface area contributed by atoms with Crippen LogP contribution in [0.2, 0.25) is 0 Å². The summed E-state index contributed by atoms with van der Waals surface area (Å²) in [6.45, 7) is 9.19. The van der Waals surface area contributed by atoms with Crippen LogP contribution in [0.3, 0.4) is 0 Å². The zero-order valence-electron chi connectivity index (χ0n) is 11.2. The van der Waals surface area contributed by atoms with Crippen molar-refractivity contribution in [1.29, 1.82) is 0 Å². The van der Waals surface area contributed by atoms with Gasteiger partial charge in [0.15, 0.2) is 0 Å². The second-order valence-electron chi connectivity index (χ2n) is 4.34. The lowest BCUT2D eigenvalue weighted by Crippen LogP contribution is -2.42. The fourth-order valence-corrected chi connectivity index (χ4v) is 2.33. The molecule has 0 aromatic heterocycles. The summed E-state index contributed by atoms with van der Waals surface area (Å²) < 4.78 is 0.831. The number of nitrogens with one attached hydrogen (secondary N) is 1. The fourth-order valence-electron chi connectivity index (χ4n) is 1.86. The van der Waals surface area contributed by atoms with E-state index in [1.807, 2.05) is 31.2 Å². The van der Waals surface area contributed by atoms with Gasteiger partial charge < -0.3 is 10.2 Å². The first kappa shape index (κ1) is 15.2. The highest BCUT2D eigenvalue weighted by Crippen LogP contribution is 2.15. The molecule has 0 heterocycles. The molecule has 0 aliphatic rings. The van der Waals surface area contributed by atoms with Gasteiger partial charge in [-0.05, 0) is 48.1 Å². The van der Waals surface area contributed by atoms with E-state index in [4.69, 9.17) is 0 Å². The molecule has 1 amide bonds. The smallest absolute Gasteiger partial charge is 0.252 e. The van der Waals surface area contributed by atoms with E-state index in [1.165, 1.54) is 0 Å². The summed E-state index contributed by atoms with van der Waals surface area (Å²) in [5.74, 6) is -0.0258. The minimum atomic E-state index is -0.0258. The summed E-state index contributed by atoms with van der Waals surface area (Å²) in [4.78, 5) is 14.4. The van der Waals surface area contributed by atoms with Crippen LogP contribution in [-0.2, 0) is 0 Å². The Morgan fingerprint density at radius 1 is 1.33 bits per heavy atom. The van der Waals surface area contributed by atoms with Crippen LogP contribution in [-0.4, -0.2) is 36.5 Å². The summed E-state index contributed by atoms with van der Waals surface area (Å²) in [5, 5.41) is 3.03. The molecule has 0 spiro atoms. The predicted molar refractivity (Wildman–Crippen MR) is 78.9 cm³/mol. The highest BCUT2D eigenvalue weighted by molar-refractivity contribution is 9.10. The number of nitrogens with zero attached hydrogens (tertiary/aromatic N) is 1. The molecular formula is C14H21BrN2O. The van der Waals surface area contributed by atoms with Gasteiger partial charge in [0.05, 0.1) is 5.56 Å². The summed E-state index contributed by atoms with van der Waals surface area (Å²) in [6.07, 6.45) is 0. The molecule has 0 saturated heterocycles. The molecule has 3 nitrogen and oxygen atoms in total. The van der Waals surface area contributed by atoms with E-state index in [1.54, 1.807) is 0 Å².